The highest BCUT2D eigenvalue weighted by molar-refractivity contribution is 5.83. The summed E-state index contributed by atoms with van der Waals surface area (Å²) in [5.41, 5.74) is 0. The molecule has 0 rings (SSSR count). The molecule has 0 bridgehead atoms. The lowest BCUT2D eigenvalue weighted by atomic mass is 10.1. The van der Waals surface area contributed by atoms with Crippen LogP contribution in [0.1, 0.15) is 96.3 Å². The van der Waals surface area contributed by atoms with Gasteiger partial charge in [-0.25, -0.2) is 4.79 Å². The van der Waals surface area contributed by atoms with Crippen LogP contribution in [0.4, 0.5) is 0 Å². The molecule has 0 aromatic heterocycles. The van der Waals surface area contributed by atoms with E-state index in [0.717, 1.165) is 38.5 Å². The highest BCUT2D eigenvalue weighted by atomic mass is 16.6. The normalized spacial score (nSPS) is 11.6. The monoisotopic (exact) mass is 618 g/mol. The largest absolute Gasteiger partial charge is 0.481 e. The van der Waals surface area contributed by atoms with Crippen molar-refractivity contribution in [3.8, 4) is 0 Å². The Hall–Kier alpha value is -2.61. The van der Waals surface area contributed by atoms with Crippen LogP contribution in [0.15, 0.2) is 0 Å². The van der Waals surface area contributed by atoms with Crippen LogP contribution in [0.25, 0.3) is 0 Å². The average molecular weight is 619 g/mol. The molecule has 0 aliphatic carbocycles. The number of hydrogen-bond acceptors (Lipinski definition) is 9. The van der Waals surface area contributed by atoms with E-state index in [1.165, 1.54) is 25.7 Å². The number of ether oxygens (including phenoxy) is 4. The summed E-state index contributed by atoms with van der Waals surface area (Å²) in [6.45, 7) is 3.25. The number of unbranched alkanes of at least 4 members (excludes halogenated alkanes) is 9. The van der Waals surface area contributed by atoms with E-state index in [4.69, 9.17) is 29.2 Å². The van der Waals surface area contributed by atoms with Crippen molar-refractivity contribution in [2.75, 3.05) is 59.4 Å². The second-order valence-electron chi connectivity index (χ2n) is 10.2. The number of nitrogens with one attached hydrogen (secondary N) is 2. The maximum absolute atomic E-state index is 11.9. The van der Waals surface area contributed by atoms with Gasteiger partial charge in [0.2, 0.25) is 11.8 Å². The van der Waals surface area contributed by atoms with E-state index >= 15 is 0 Å². The fraction of sp³-hybridized carbons (Fsp3) is 0.833. The minimum atomic E-state index is -1.18. The van der Waals surface area contributed by atoms with Gasteiger partial charge in [-0.15, -0.1) is 0 Å². The van der Waals surface area contributed by atoms with Gasteiger partial charge in [0.15, 0.2) is 0 Å². The third kappa shape index (κ3) is 30.6. The summed E-state index contributed by atoms with van der Waals surface area (Å²) >= 11 is 0. The number of carboxylic acid groups (broad SMARTS) is 2. The van der Waals surface area contributed by atoms with Gasteiger partial charge in [-0.05, 0) is 19.3 Å². The van der Waals surface area contributed by atoms with Crippen LogP contribution in [0.3, 0.4) is 0 Å². The van der Waals surface area contributed by atoms with Crippen molar-refractivity contribution in [3.05, 3.63) is 0 Å². The van der Waals surface area contributed by atoms with Crippen LogP contribution in [0, 0.1) is 0 Å². The van der Waals surface area contributed by atoms with Crippen molar-refractivity contribution in [2.24, 2.45) is 0 Å². The van der Waals surface area contributed by atoms with Gasteiger partial charge < -0.3 is 44.6 Å². The van der Waals surface area contributed by atoms with E-state index in [1.807, 2.05) is 0 Å². The average Bonchev–Trinajstić information content (AvgIpc) is 2.97. The Labute approximate surface area is 255 Å². The quantitative estimate of drug-likeness (QED) is 0.0626. The van der Waals surface area contributed by atoms with E-state index in [0.29, 0.717) is 58.9 Å². The molecule has 13 heteroatoms. The number of rotatable bonds is 33. The summed E-state index contributed by atoms with van der Waals surface area (Å²) in [5.74, 6) is -2.30. The molecule has 0 aliphatic rings. The van der Waals surface area contributed by atoms with Gasteiger partial charge in [-0.1, -0.05) is 51.4 Å². The number of carbonyl (C=O) groups excluding carboxylic acids is 3. The Balaban J connectivity index is 3.33. The van der Waals surface area contributed by atoms with Crippen molar-refractivity contribution in [1.29, 1.82) is 0 Å². The zero-order chi connectivity index (χ0) is 31.8. The fourth-order valence-electron chi connectivity index (χ4n) is 4.01. The van der Waals surface area contributed by atoms with Crippen LogP contribution in [-0.4, -0.2) is 106 Å². The SMILES string of the molecule is O=CCCC(NC(=O)CCOCCOCCOCCOCCNC(=O)CCCCCCCCCCCCC(=O)O)C(=O)O. The molecule has 0 radical (unpaired) electrons. The number of amides is 2. The van der Waals surface area contributed by atoms with Crippen molar-refractivity contribution in [2.45, 2.75) is 102 Å². The maximum atomic E-state index is 11.9. The number of aldehydes is 1. The number of carbonyl (C=O) groups is 5. The van der Waals surface area contributed by atoms with Crippen LogP contribution in [0.2, 0.25) is 0 Å². The van der Waals surface area contributed by atoms with Gasteiger partial charge in [0, 0.05) is 32.2 Å². The molecule has 0 fully saturated rings. The molecule has 250 valence electrons. The molecule has 0 saturated carbocycles. The Kier molecular flexibility index (Phi) is 29.0. The minimum absolute atomic E-state index is 0.0141. The van der Waals surface area contributed by atoms with Crippen LogP contribution in [0.5, 0.6) is 0 Å². The molecule has 0 aromatic carbocycles. The van der Waals surface area contributed by atoms with Gasteiger partial charge in [0.25, 0.3) is 0 Å². The first kappa shape index (κ1) is 40.4. The van der Waals surface area contributed by atoms with Crippen LogP contribution >= 0.6 is 0 Å². The standard InChI is InChI=1S/C30H54N2O11/c33-17-11-12-26(30(38)39)32-28(35)15-18-40-20-22-42-24-25-43-23-21-41-19-16-31-27(34)13-9-7-5-3-1-2-4-6-8-10-14-29(36)37/h17,26H,1-16,18-25H2,(H,31,34)(H,32,35)(H,36,37)(H,38,39). The fourth-order valence-corrected chi connectivity index (χ4v) is 4.01. The van der Waals surface area contributed by atoms with Gasteiger partial charge in [-0.3, -0.25) is 14.4 Å². The third-order valence-electron chi connectivity index (χ3n) is 6.41. The molecular formula is C30H54N2O11. The Morgan fingerprint density at radius 1 is 0.581 bits per heavy atom. The molecule has 0 heterocycles. The zero-order valence-corrected chi connectivity index (χ0v) is 25.7. The number of aliphatic carboxylic acids is 2. The lowest BCUT2D eigenvalue weighted by Gasteiger charge is -2.13. The van der Waals surface area contributed by atoms with Crippen molar-refractivity contribution < 1.29 is 53.1 Å². The molecule has 13 nitrogen and oxygen atoms in total. The molecule has 43 heavy (non-hydrogen) atoms. The molecule has 0 saturated heterocycles. The van der Waals surface area contributed by atoms with Gasteiger partial charge >= 0.3 is 11.9 Å². The Morgan fingerprint density at radius 3 is 1.53 bits per heavy atom. The Morgan fingerprint density at radius 2 is 1.05 bits per heavy atom. The third-order valence-corrected chi connectivity index (χ3v) is 6.41. The summed E-state index contributed by atoms with van der Waals surface area (Å²) < 4.78 is 21.5. The topological polar surface area (TPSA) is 187 Å². The summed E-state index contributed by atoms with van der Waals surface area (Å²) in [6, 6.07) is -1.08. The molecule has 1 unspecified atom stereocenters. The molecule has 1 atom stereocenters. The van der Waals surface area contributed by atoms with Crippen LogP contribution in [-0.2, 0) is 42.9 Å². The maximum Gasteiger partial charge on any atom is 0.326 e. The van der Waals surface area contributed by atoms with E-state index in [-0.39, 0.29) is 44.8 Å². The summed E-state index contributed by atoms with van der Waals surface area (Å²) in [5, 5.41) is 22.8. The van der Waals surface area contributed by atoms with E-state index in [2.05, 4.69) is 10.6 Å². The lowest BCUT2D eigenvalue weighted by Crippen LogP contribution is -2.41. The highest BCUT2D eigenvalue weighted by Crippen LogP contribution is 2.12. The second kappa shape index (κ2) is 30.8. The predicted molar refractivity (Wildman–Crippen MR) is 159 cm³/mol. The summed E-state index contributed by atoms with van der Waals surface area (Å²) in [4.78, 5) is 55.5. The van der Waals surface area contributed by atoms with Crippen molar-refractivity contribution >= 4 is 30.0 Å². The molecule has 0 aromatic rings. The lowest BCUT2D eigenvalue weighted by molar-refractivity contribution is -0.142. The Bertz CT molecular complexity index is 737. The molecule has 4 N–H and O–H groups in total. The minimum Gasteiger partial charge on any atom is -0.481 e. The molecular weight excluding hydrogens is 564 g/mol. The highest BCUT2D eigenvalue weighted by Gasteiger charge is 2.19. The van der Waals surface area contributed by atoms with E-state index in [1.54, 1.807) is 0 Å². The molecule has 0 spiro atoms. The summed E-state index contributed by atoms with van der Waals surface area (Å²) in [6.07, 6.45) is 12.2. The van der Waals surface area contributed by atoms with Gasteiger partial charge in [0.05, 0.1) is 52.9 Å². The first-order valence-electron chi connectivity index (χ1n) is 15.6. The second-order valence-corrected chi connectivity index (χ2v) is 10.2. The van der Waals surface area contributed by atoms with Crippen molar-refractivity contribution in [3.63, 3.8) is 0 Å². The van der Waals surface area contributed by atoms with Gasteiger partial charge in [0.1, 0.15) is 12.3 Å². The smallest absolute Gasteiger partial charge is 0.326 e. The predicted octanol–water partition coefficient (Wildman–Crippen LogP) is 2.87. The first-order chi connectivity index (χ1) is 20.9. The number of carboxylic acids is 2. The van der Waals surface area contributed by atoms with E-state index in [9.17, 15) is 24.0 Å². The first-order valence-corrected chi connectivity index (χ1v) is 15.6. The molecule has 2 amide bonds. The number of hydrogen-bond donors (Lipinski definition) is 4. The summed E-state index contributed by atoms with van der Waals surface area (Å²) in [7, 11) is 0. The zero-order valence-electron chi connectivity index (χ0n) is 25.7. The van der Waals surface area contributed by atoms with Gasteiger partial charge in [-0.2, -0.15) is 0 Å². The van der Waals surface area contributed by atoms with E-state index < -0.39 is 23.9 Å². The van der Waals surface area contributed by atoms with Crippen molar-refractivity contribution in [1.82, 2.24) is 10.6 Å². The molecule has 0 aliphatic heterocycles. The van der Waals surface area contributed by atoms with Crippen LogP contribution < -0.4 is 10.6 Å².